The number of hydrogen-bond acceptors (Lipinski definition) is 0. The van der Waals surface area contributed by atoms with Gasteiger partial charge in [-0.25, -0.2) is 0 Å². The maximum Gasteiger partial charge on any atom is 0.0159 e. The quantitative estimate of drug-likeness (QED) is 0.236. The Morgan fingerprint density at radius 3 is 1.54 bits per heavy atom. The fourth-order valence-corrected chi connectivity index (χ4v) is 6.75. The predicted octanol–water partition coefficient (Wildman–Crippen LogP) is 10.1. The molecule has 174 valence electrons. The Balaban J connectivity index is 1.37. The summed E-state index contributed by atoms with van der Waals surface area (Å²) in [5.41, 5.74) is 16.0. The molecular formula is C37H26. The minimum absolute atomic E-state index is 0.0890. The molecular weight excluding hydrogens is 444 g/mol. The minimum Gasteiger partial charge on any atom is -0.0622 e. The Hall–Kier alpha value is -4.42. The van der Waals surface area contributed by atoms with Crippen molar-refractivity contribution in [3.8, 4) is 55.6 Å². The van der Waals surface area contributed by atoms with Crippen LogP contribution >= 0.6 is 0 Å². The minimum atomic E-state index is -0.0890. The fraction of sp³-hybridized carbons (Fsp3) is 0.0811. The molecule has 0 N–H and O–H groups in total. The molecule has 0 heteroatoms. The van der Waals surface area contributed by atoms with E-state index in [0.717, 1.165) is 0 Å². The molecule has 0 radical (unpaired) electrons. The lowest BCUT2D eigenvalue weighted by Crippen LogP contribution is -2.23. The molecule has 0 heterocycles. The first kappa shape index (κ1) is 20.7. The van der Waals surface area contributed by atoms with E-state index in [1.807, 2.05) is 0 Å². The molecule has 0 saturated carbocycles. The summed E-state index contributed by atoms with van der Waals surface area (Å²) in [7, 11) is 0. The number of fused-ring (bicyclic) bond motifs is 5. The van der Waals surface area contributed by atoms with Gasteiger partial charge in [0.25, 0.3) is 0 Å². The average Bonchev–Trinajstić information content (AvgIpc) is 3.28. The molecule has 0 fully saturated rings. The van der Waals surface area contributed by atoms with Crippen LogP contribution in [0.5, 0.6) is 0 Å². The van der Waals surface area contributed by atoms with Gasteiger partial charge in [-0.2, -0.15) is 0 Å². The number of hydrogen-bond donors (Lipinski definition) is 0. The van der Waals surface area contributed by atoms with Crippen molar-refractivity contribution < 1.29 is 0 Å². The van der Waals surface area contributed by atoms with Gasteiger partial charge in [0.1, 0.15) is 0 Å². The Bertz CT molecular complexity index is 1870. The summed E-state index contributed by atoms with van der Waals surface area (Å²) in [6.45, 7) is 4.78. The first-order valence-electron chi connectivity index (χ1n) is 13.1. The van der Waals surface area contributed by atoms with Crippen LogP contribution in [0.1, 0.15) is 25.0 Å². The summed E-state index contributed by atoms with van der Waals surface area (Å²) in [5, 5.41) is 2.85. The van der Waals surface area contributed by atoms with E-state index in [0.29, 0.717) is 0 Å². The lowest BCUT2D eigenvalue weighted by atomic mass is 9.67. The lowest BCUT2D eigenvalue weighted by molar-refractivity contribution is 0.645. The van der Waals surface area contributed by atoms with Crippen molar-refractivity contribution in [3.63, 3.8) is 0 Å². The highest BCUT2D eigenvalue weighted by atomic mass is 14.4. The van der Waals surface area contributed by atoms with Crippen molar-refractivity contribution >= 4 is 10.8 Å². The lowest BCUT2D eigenvalue weighted by Gasteiger charge is -2.36. The van der Waals surface area contributed by atoms with Gasteiger partial charge in [-0.3, -0.25) is 0 Å². The number of rotatable bonds is 2. The second-order valence-corrected chi connectivity index (χ2v) is 10.9. The van der Waals surface area contributed by atoms with Crippen molar-refractivity contribution in [2.75, 3.05) is 0 Å². The molecule has 0 unspecified atom stereocenters. The SMILES string of the molecule is CC1(C)c2cc(-c3ccccc3)ccc2-c2ccc3c4c(ccc1c24)-c1cc(-c2ccccc2)ccc1-3. The smallest absolute Gasteiger partial charge is 0.0159 e. The van der Waals surface area contributed by atoms with E-state index in [4.69, 9.17) is 0 Å². The Labute approximate surface area is 217 Å². The highest BCUT2D eigenvalue weighted by Crippen LogP contribution is 2.56. The summed E-state index contributed by atoms with van der Waals surface area (Å²) in [6.07, 6.45) is 0. The van der Waals surface area contributed by atoms with Gasteiger partial charge in [0.2, 0.25) is 0 Å². The molecule has 0 amide bonds. The third-order valence-corrected chi connectivity index (χ3v) is 8.63. The van der Waals surface area contributed by atoms with E-state index in [1.54, 1.807) is 0 Å². The van der Waals surface area contributed by atoms with Crippen LogP contribution in [-0.2, 0) is 5.41 Å². The van der Waals surface area contributed by atoms with Crippen LogP contribution in [0.15, 0.2) is 121 Å². The summed E-state index contributed by atoms with van der Waals surface area (Å²) in [6, 6.07) is 45.0. The number of benzene rings is 6. The van der Waals surface area contributed by atoms with E-state index in [2.05, 4.69) is 135 Å². The predicted molar refractivity (Wildman–Crippen MR) is 157 cm³/mol. The Kier molecular flexibility index (Phi) is 4.10. The normalized spacial score (nSPS) is 13.9. The molecule has 6 aromatic carbocycles. The average molecular weight is 471 g/mol. The monoisotopic (exact) mass is 470 g/mol. The second kappa shape index (κ2) is 7.31. The van der Waals surface area contributed by atoms with Crippen LogP contribution in [0.3, 0.4) is 0 Å². The molecule has 0 spiro atoms. The molecule has 0 aromatic heterocycles. The van der Waals surface area contributed by atoms with E-state index in [-0.39, 0.29) is 5.41 Å². The summed E-state index contributed by atoms with van der Waals surface area (Å²) >= 11 is 0. The van der Waals surface area contributed by atoms with Gasteiger partial charge in [0.05, 0.1) is 0 Å². The van der Waals surface area contributed by atoms with Gasteiger partial charge < -0.3 is 0 Å². The van der Waals surface area contributed by atoms with Crippen molar-refractivity contribution in [1.29, 1.82) is 0 Å². The molecule has 0 bridgehead atoms. The summed E-state index contributed by atoms with van der Waals surface area (Å²) in [4.78, 5) is 0. The standard InChI is InChI=1S/C37H26/c1-37(2)33-20-19-31-32-21-25(23-9-5-3-6-10-23)13-15-27(32)29-17-18-30(36(33)35(29)31)28-16-14-26(22-34(28)37)24-11-7-4-8-12-24/h3-22H,1-2H3. The van der Waals surface area contributed by atoms with Gasteiger partial charge in [0.15, 0.2) is 0 Å². The molecule has 2 aliphatic carbocycles. The third kappa shape index (κ3) is 2.79. The highest BCUT2D eigenvalue weighted by molar-refractivity contribution is 6.21. The topological polar surface area (TPSA) is 0 Å². The van der Waals surface area contributed by atoms with Crippen molar-refractivity contribution in [3.05, 3.63) is 132 Å². The first-order valence-corrected chi connectivity index (χ1v) is 13.1. The van der Waals surface area contributed by atoms with E-state index in [9.17, 15) is 0 Å². The first-order chi connectivity index (χ1) is 18.1. The van der Waals surface area contributed by atoms with Gasteiger partial charge in [-0.1, -0.05) is 123 Å². The zero-order chi connectivity index (χ0) is 24.7. The van der Waals surface area contributed by atoms with Crippen LogP contribution in [-0.4, -0.2) is 0 Å². The summed E-state index contributed by atoms with van der Waals surface area (Å²) < 4.78 is 0. The van der Waals surface area contributed by atoms with Crippen molar-refractivity contribution in [1.82, 2.24) is 0 Å². The molecule has 37 heavy (non-hydrogen) atoms. The van der Waals surface area contributed by atoms with Crippen LogP contribution in [0.2, 0.25) is 0 Å². The second-order valence-electron chi connectivity index (χ2n) is 10.9. The molecule has 0 atom stereocenters. The largest absolute Gasteiger partial charge is 0.0622 e. The highest BCUT2D eigenvalue weighted by Gasteiger charge is 2.36. The molecule has 8 rings (SSSR count). The van der Waals surface area contributed by atoms with Crippen molar-refractivity contribution in [2.45, 2.75) is 19.3 Å². The fourth-order valence-electron chi connectivity index (χ4n) is 6.75. The van der Waals surface area contributed by atoms with Crippen LogP contribution in [0.4, 0.5) is 0 Å². The molecule has 2 aliphatic rings. The Morgan fingerprint density at radius 1 is 0.351 bits per heavy atom. The maximum atomic E-state index is 2.42. The van der Waals surface area contributed by atoms with Crippen LogP contribution < -0.4 is 0 Å². The maximum absolute atomic E-state index is 2.42. The van der Waals surface area contributed by atoms with Gasteiger partial charge in [0, 0.05) is 5.41 Å². The van der Waals surface area contributed by atoms with Gasteiger partial charge in [-0.05, 0) is 89.7 Å². The van der Waals surface area contributed by atoms with E-state index >= 15 is 0 Å². The summed E-state index contributed by atoms with van der Waals surface area (Å²) in [5.74, 6) is 0. The molecule has 0 aliphatic heterocycles. The third-order valence-electron chi connectivity index (χ3n) is 8.63. The van der Waals surface area contributed by atoms with Crippen LogP contribution in [0.25, 0.3) is 66.4 Å². The van der Waals surface area contributed by atoms with E-state index in [1.165, 1.54) is 77.5 Å². The van der Waals surface area contributed by atoms with Crippen molar-refractivity contribution in [2.24, 2.45) is 0 Å². The van der Waals surface area contributed by atoms with Gasteiger partial charge >= 0.3 is 0 Å². The molecule has 0 saturated heterocycles. The zero-order valence-electron chi connectivity index (χ0n) is 21.0. The van der Waals surface area contributed by atoms with E-state index < -0.39 is 0 Å². The molecule has 0 nitrogen and oxygen atoms in total. The molecule has 6 aromatic rings. The Morgan fingerprint density at radius 2 is 0.865 bits per heavy atom. The zero-order valence-corrected chi connectivity index (χ0v) is 21.0. The van der Waals surface area contributed by atoms with Gasteiger partial charge in [-0.15, -0.1) is 0 Å². The van der Waals surface area contributed by atoms with Crippen LogP contribution in [0, 0.1) is 0 Å².